The van der Waals surface area contributed by atoms with Crippen molar-refractivity contribution in [2.45, 2.75) is 44.7 Å². The first-order chi connectivity index (χ1) is 7.34. The lowest BCUT2D eigenvalue weighted by molar-refractivity contribution is 0.372. The van der Waals surface area contributed by atoms with Crippen molar-refractivity contribution >= 4 is 0 Å². The summed E-state index contributed by atoms with van der Waals surface area (Å²) in [5.74, 6) is -0.141. The van der Waals surface area contributed by atoms with Crippen molar-refractivity contribution in [1.82, 2.24) is 5.32 Å². The molecule has 0 aliphatic heterocycles. The van der Waals surface area contributed by atoms with Gasteiger partial charge in [0.15, 0.2) is 0 Å². The quantitative estimate of drug-likeness (QED) is 0.802. The van der Waals surface area contributed by atoms with Gasteiger partial charge in [0.25, 0.3) is 0 Å². The summed E-state index contributed by atoms with van der Waals surface area (Å²) < 4.78 is 12.9. The predicted molar refractivity (Wildman–Crippen MR) is 60.1 cm³/mol. The lowest BCUT2D eigenvalue weighted by Gasteiger charge is -2.22. The number of hydrogen-bond donors (Lipinski definition) is 1. The molecule has 0 spiro atoms. The zero-order chi connectivity index (χ0) is 10.5. The van der Waals surface area contributed by atoms with Crippen molar-refractivity contribution in [2.24, 2.45) is 0 Å². The first kappa shape index (κ1) is 10.6. The Bertz CT molecular complexity index is 305. The Kier molecular flexibility index (Phi) is 3.73. The summed E-state index contributed by atoms with van der Waals surface area (Å²) in [5.41, 5.74) is 1.04. The van der Waals surface area contributed by atoms with E-state index in [0.29, 0.717) is 6.04 Å². The maximum atomic E-state index is 12.9. The van der Waals surface area contributed by atoms with Gasteiger partial charge in [0.1, 0.15) is 5.82 Å². The van der Waals surface area contributed by atoms with E-state index >= 15 is 0 Å². The Morgan fingerprint density at radius 1 is 1.20 bits per heavy atom. The summed E-state index contributed by atoms with van der Waals surface area (Å²) in [6, 6.07) is 7.48. The highest BCUT2D eigenvalue weighted by atomic mass is 19.1. The van der Waals surface area contributed by atoms with Crippen molar-refractivity contribution < 1.29 is 4.39 Å². The summed E-state index contributed by atoms with van der Waals surface area (Å²) >= 11 is 0. The van der Waals surface area contributed by atoms with E-state index in [1.54, 1.807) is 12.1 Å². The van der Waals surface area contributed by atoms with E-state index in [4.69, 9.17) is 0 Å². The van der Waals surface area contributed by atoms with Gasteiger partial charge in [0.2, 0.25) is 0 Å². The molecule has 1 aliphatic rings. The third-order valence-electron chi connectivity index (χ3n) is 3.09. The zero-order valence-corrected chi connectivity index (χ0v) is 9.01. The number of rotatable bonds is 3. The highest BCUT2D eigenvalue weighted by Gasteiger charge is 2.12. The highest BCUT2D eigenvalue weighted by Crippen LogP contribution is 2.17. The first-order valence-corrected chi connectivity index (χ1v) is 5.82. The molecule has 0 unspecified atom stereocenters. The van der Waals surface area contributed by atoms with Crippen LogP contribution >= 0.6 is 0 Å². The topological polar surface area (TPSA) is 12.0 Å². The van der Waals surface area contributed by atoms with Gasteiger partial charge >= 0.3 is 0 Å². The van der Waals surface area contributed by atoms with Gasteiger partial charge in [0.05, 0.1) is 0 Å². The molecule has 2 rings (SSSR count). The van der Waals surface area contributed by atoms with Gasteiger partial charge in [-0.2, -0.15) is 0 Å². The van der Waals surface area contributed by atoms with Crippen LogP contribution in [0.25, 0.3) is 0 Å². The van der Waals surface area contributed by atoms with E-state index in [0.717, 1.165) is 12.1 Å². The van der Waals surface area contributed by atoms with Gasteiger partial charge in [-0.1, -0.05) is 31.4 Å². The number of benzene rings is 1. The normalized spacial score (nSPS) is 17.9. The Balaban J connectivity index is 1.81. The van der Waals surface area contributed by atoms with E-state index < -0.39 is 0 Å². The molecule has 1 aromatic carbocycles. The van der Waals surface area contributed by atoms with Crippen LogP contribution in [0.4, 0.5) is 4.39 Å². The molecular formula is C13H18FN. The molecule has 0 heterocycles. The van der Waals surface area contributed by atoms with Crippen molar-refractivity contribution in [3.63, 3.8) is 0 Å². The molecule has 1 aromatic rings. The van der Waals surface area contributed by atoms with Crippen molar-refractivity contribution in [3.8, 4) is 0 Å². The Hall–Kier alpha value is -0.890. The molecule has 0 radical (unpaired) electrons. The molecule has 1 fully saturated rings. The summed E-state index contributed by atoms with van der Waals surface area (Å²) in [4.78, 5) is 0. The van der Waals surface area contributed by atoms with Crippen molar-refractivity contribution in [2.75, 3.05) is 0 Å². The number of hydrogen-bond acceptors (Lipinski definition) is 1. The molecule has 0 amide bonds. The first-order valence-electron chi connectivity index (χ1n) is 5.82. The van der Waals surface area contributed by atoms with Crippen LogP contribution in [-0.2, 0) is 6.54 Å². The van der Waals surface area contributed by atoms with Gasteiger partial charge in [-0.25, -0.2) is 4.39 Å². The molecule has 0 bridgehead atoms. The molecule has 0 saturated heterocycles. The Morgan fingerprint density at radius 3 is 2.73 bits per heavy atom. The van der Waals surface area contributed by atoms with Crippen molar-refractivity contribution in [1.29, 1.82) is 0 Å². The minimum atomic E-state index is -0.141. The molecule has 2 heteroatoms. The van der Waals surface area contributed by atoms with E-state index in [2.05, 4.69) is 5.32 Å². The molecular weight excluding hydrogens is 189 g/mol. The smallest absolute Gasteiger partial charge is 0.123 e. The van der Waals surface area contributed by atoms with Gasteiger partial charge in [-0.15, -0.1) is 0 Å². The Morgan fingerprint density at radius 2 is 2.00 bits per heavy atom. The predicted octanol–water partition coefficient (Wildman–Crippen LogP) is 3.25. The second-order valence-electron chi connectivity index (χ2n) is 4.35. The van der Waals surface area contributed by atoms with Crippen LogP contribution < -0.4 is 5.32 Å². The summed E-state index contributed by atoms with van der Waals surface area (Å²) in [7, 11) is 0. The Labute approximate surface area is 90.7 Å². The fourth-order valence-electron chi connectivity index (χ4n) is 2.22. The molecule has 82 valence electrons. The molecule has 0 atom stereocenters. The summed E-state index contributed by atoms with van der Waals surface area (Å²) in [5, 5.41) is 3.50. The van der Waals surface area contributed by atoms with Crippen LogP contribution in [0, 0.1) is 5.82 Å². The summed E-state index contributed by atoms with van der Waals surface area (Å²) in [6.45, 7) is 0.794. The van der Waals surface area contributed by atoms with Crippen LogP contribution in [0.2, 0.25) is 0 Å². The van der Waals surface area contributed by atoms with Gasteiger partial charge in [-0.05, 0) is 30.5 Å². The third-order valence-corrected chi connectivity index (χ3v) is 3.09. The second kappa shape index (κ2) is 5.26. The fraction of sp³-hybridized carbons (Fsp3) is 0.538. The molecule has 1 N–H and O–H groups in total. The minimum Gasteiger partial charge on any atom is -0.310 e. The van der Waals surface area contributed by atoms with Gasteiger partial charge < -0.3 is 5.32 Å². The molecule has 1 aliphatic carbocycles. The van der Waals surface area contributed by atoms with Crippen molar-refractivity contribution in [3.05, 3.63) is 35.6 Å². The molecule has 1 saturated carbocycles. The summed E-state index contributed by atoms with van der Waals surface area (Å²) in [6.07, 6.45) is 6.59. The monoisotopic (exact) mass is 207 g/mol. The molecule has 0 aromatic heterocycles. The lowest BCUT2D eigenvalue weighted by atomic mass is 9.95. The standard InChI is InChI=1S/C13H18FN/c14-12-6-4-5-11(9-12)10-15-13-7-2-1-3-8-13/h4-6,9,13,15H,1-3,7-8,10H2. The van der Waals surface area contributed by atoms with E-state index in [9.17, 15) is 4.39 Å². The van der Waals surface area contributed by atoms with Crippen LogP contribution in [0.15, 0.2) is 24.3 Å². The molecule has 15 heavy (non-hydrogen) atoms. The zero-order valence-electron chi connectivity index (χ0n) is 9.01. The average Bonchev–Trinajstić information content (AvgIpc) is 2.28. The van der Waals surface area contributed by atoms with Gasteiger partial charge in [-0.3, -0.25) is 0 Å². The fourth-order valence-corrected chi connectivity index (χ4v) is 2.22. The SMILES string of the molecule is Fc1cccc(CNC2CCCCC2)c1. The van der Waals surface area contributed by atoms with E-state index in [1.807, 2.05) is 6.07 Å². The molecule has 1 nitrogen and oxygen atoms in total. The maximum Gasteiger partial charge on any atom is 0.123 e. The van der Waals surface area contributed by atoms with Crippen LogP contribution in [0.5, 0.6) is 0 Å². The maximum absolute atomic E-state index is 12.9. The largest absolute Gasteiger partial charge is 0.310 e. The highest BCUT2D eigenvalue weighted by molar-refractivity contribution is 5.16. The van der Waals surface area contributed by atoms with E-state index in [-0.39, 0.29) is 5.82 Å². The average molecular weight is 207 g/mol. The van der Waals surface area contributed by atoms with Crippen LogP contribution in [0.3, 0.4) is 0 Å². The van der Waals surface area contributed by atoms with Crippen LogP contribution in [0.1, 0.15) is 37.7 Å². The van der Waals surface area contributed by atoms with Crippen LogP contribution in [-0.4, -0.2) is 6.04 Å². The lowest BCUT2D eigenvalue weighted by Crippen LogP contribution is -2.30. The third kappa shape index (κ3) is 3.31. The second-order valence-corrected chi connectivity index (χ2v) is 4.35. The number of halogens is 1. The van der Waals surface area contributed by atoms with E-state index in [1.165, 1.54) is 38.2 Å². The minimum absolute atomic E-state index is 0.141. The number of nitrogens with one attached hydrogen (secondary N) is 1. The van der Waals surface area contributed by atoms with Gasteiger partial charge in [0, 0.05) is 12.6 Å².